The molecule has 1 saturated carbocycles. The molecule has 5 atom stereocenters. The summed E-state index contributed by atoms with van der Waals surface area (Å²) in [6.45, 7) is 9.36. The van der Waals surface area contributed by atoms with Crippen LogP contribution in [-0.4, -0.2) is 42.0 Å². The molecule has 2 aliphatic rings. The minimum atomic E-state index is -1.13. The molecule has 0 unspecified atom stereocenters. The van der Waals surface area contributed by atoms with Gasteiger partial charge in [-0.25, -0.2) is 4.79 Å². The Bertz CT molecular complexity index is 857. The predicted molar refractivity (Wildman–Crippen MR) is 117 cm³/mol. The maximum Gasteiger partial charge on any atom is 0.338 e. The van der Waals surface area contributed by atoms with Gasteiger partial charge in [-0.15, -0.1) is 0 Å². The van der Waals surface area contributed by atoms with Gasteiger partial charge in [-0.05, 0) is 43.5 Å². The molecule has 0 radical (unpaired) electrons. The number of allylic oxidation sites excluding steroid dienone is 1. The number of fused-ring (bicyclic) bond motifs is 1. The molecule has 0 bridgehead atoms. The van der Waals surface area contributed by atoms with Gasteiger partial charge in [-0.2, -0.15) is 0 Å². The number of hydrogen-bond acceptors (Lipinski definition) is 6. The van der Waals surface area contributed by atoms with Crippen LogP contribution in [0.15, 0.2) is 35.9 Å². The van der Waals surface area contributed by atoms with E-state index in [1.807, 2.05) is 27.7 Å². The first-order chi connectivity index (χ1) is 14.5. The van der Waals surface area contributed by atoms with Crippen LogP contribution in [0.4, 0.5) is 0 Å². The highest BCUT2D eigenvalue weighted by atomic mass is 16.6. The number of aliphatic hydroxyl groups is 1. The summed E-state index contributed by atoms with van der Waals surface area (Å²) >= 11 is 0. The lowest BCUT2D eigenvalue weighted by molar-refractivity contribution is -0.153. The molecular formula is C25H34O6. The van der Waals surface area contributed by atoms with E-state index in [4.69, 9.17) is 14.2 Å². The smallest absolute Gasteiger partial charge is 0.338 e. The summed E-state index contributed by atoms with van der Waals surface area (Å²) in [6.07, 6.45) is 2.64. The van der Waals surface area contributed by atoms with Gasteiger partial charge >= 0.3 is 11.9 Å². The molecule has 1 fully saturated rings. The van der Waals surface area contributed by atoms with E-state index >= 15 is 0 Å². The number of rotatable bonds is 5. The number of ether oxygens (including phenoxy) is 3. The number of esters is 2. The second-order valence-electron chi connectivity index (χ2n) is 9.56. The number of hydrogen-bond donors (Lipinski definition) is 1. The van der Waals surface area contributed by atoms with E-state index in [2.05, 4.69) is 6.08 Å². The molecule has 31 heavy (non-hydrogen) atoms. The maximum absolute atomic E-state index is 13.0. The van der Waals surface area contributed by atoms with Gasteiger partial charge in [-0.1, -0.05) is 32.4 Å². The van der Waals surface area contributed by atoms with Gasteiger partial charge < -0.3 is 19.3 Å². The van der Waals surface area contributed by atoms with Crippen molar-refractivity contribution in [2.45, 2.75) is 71.7 Å². The van der Waals surface area contributed by atoms with Crippen molar-refractivity contribution >= 4 is 11.9 Å². The SMILES string of the molecule is COc1ccc(C(=O)O[C@H]2CC(C)=CC[C@]3(C)[C@@H](OC(C)=O)C[C@@](O)(C(C)C)[C@H]23)cc1. The quantitative estimate of drug-likeness (QED) is 0.554. The lowest BCUT2D eigenvalue weighted by Crippen LogP contribution is -2.50. The molecule has 0 aromatic heterocycles. The molecule has 6 nitrogen and oxygen atoms in total. The molecule has 170 valence electrons. The van der Waals surface area contributed by atoms with Gasteiger partial charge in [0.1, 0.15) is 18.0 Å². The Labute approximate surface area is 184 Å². The normalized spacial score (nSPS) is 32.6. The molecular weight excluding hydrogens is 396 g/mol. The fourth-order valence-corrected chi connectivity index (χ4v) is 5.36. The Morgan fingerprint density at radius 3 is 2.35 bits per heavy atom. The second kappa shape index (κ2) is 8.65. The van der Waals surface area contributed by atoms with Gasteiger partial charge in [0.2, 0.25) is 0 Å². The summed E-state index contributed by atoms with van der Waals surface area (Å²) in [5.41, 5.74) is -0.155. The van der Waals surface area contributed by atoms with E-state index in [-0.39, 0.29) is 17.8 Å². The number of methoxy groups -OCH3 is 1. The number of benzene rings is 1. The average molecular weight is 431 g/mol. The van der Waals surface area contributed by atoms with Crippen molar-refractivity contribution in [3.05, 3.63) is 41.5 Å². The van der Waals surface area contributed by atoms with Crippen LogP contribution >= 0.6 is 0 Å². The monoisotopic (exact) mass is 430 g/mol. The Balaban J connectivity index is 1.98. The summed E-state index contributed by atoms with van der Waals surface area (Å²) in [7, 11) is 1.57. The highest BCUT2D eigenvalue weighted by Gasteiger charge is 2.65. The predicted octanol–water partition coefficient (Wildman–Crippen LogP) is 4.31. The van der Waals surface area contributed by atoms with E-state index in [9.17, 15) is 14.7 Å². The first kappa shape index (κ1) is 23.3. The van der Waals surface area contributed by atoms with Crippen LogP contribution in [0, 0.1) is 17.3 Å². The molecule has 3 rings (SSSR count). The highest BCUT2D eigenvalue weighted by Crippen LogP contribution is 2.59. The zero-order chi connectivity index (χ0) is 23.0. The van der Waals surface area contributed by atoms with Gasteiger partial charge in [0.05, 0.1) is 18.3 Å². The lowest BCUT2D eigenvalue weighted by atomic mass is 9.67. The Kier molecular flexibility index (Phi) is 6.51. The van der Waals surface area contributed by atoms with E-state index in [0.717, 1.165) is 5.57 Å². The van der Waals surface area contributed by atoms with E-state index in [1.54, 1.807) is 31.4 Å². The molecule has 0 amide bonds. The van der Waals surface area contributed by atoms with E-state index < -0.39 is 29.2 Å². The van der Waals surface area contributed by atoms with Crippen molar-refractivity contribution in [3.63, 3.8) is 0 Å². The van der Waals surface area contributed by atoms with Crippen LogP contribution in [0.1, 0.15) is 64.2 Å². The number of carbonyl (C=O) groups excluding carboxylic acids is 2. The summed E-state index contributed by atoms with van der Waals surface area (Å²) < 4.78 is 16.9. The largest absolute Gasteiger partial charge is 0.497 e. The summed E-state index contributed by atoms with van der Waals surface area (Å²) in [5.74, 6) is -0.619. The van der Waals surface area contributed by atoms with Crippen molar-refractivity contribution in [2.24, 2.45) is 17.3 Å². The minimum Gasteiger partial charge on any atom is -0.497 e. The minimum absolute atomic E-state index is 0.0991. The van der Waals surface area contributed by atoms with Crippen LogP contribution in [0.25, 0.3) is 0 Å². The summed E-state index contributed by atoms with van der Waals surface area (Å²) in [6, 6.07) is 6.78. The molecule has 1 aromatic carbocycles. The van der Waals surface area contributed by atoms with Gasteiger partial charge in [0, 0.05) is 31.1 Å². The Morgan fingerprint density at radius 2 is 1.81 bits per heavy atom. The van der Waals surface area contributed by atoms with Crippen LogP contribution in [0.3, 0.4) is 0 Å². The third kappa shape index (κ3) is 4.36. The van der Waals surface area contributed by atoms with Gasteiger partial charge in [0.15, 0.2) is 0 Å². The molecule has 0 saturated heterocycles. The fraction of sp³-hybridized carbons (Fsp3) is 0.600. The van der Waals surface area contributed by atoms with Crippen LogP contribution in [0.5, 0.6) is 5.75 Å². The van der Waals surface area contributed by atoms with Crippen molar-refractivity contribution < 1.29 is 28.9 Å². The topological polar surface area (TPSA) is 82.1 Å². The average Bonchev–Trinajstić information content (AvgIpc) is 2.83. The van der Waals surface area contributed by atoms with E-state index in [0.29, 0.717) is 30.6 Å². The van der Waals surface area contributed by atoms with Crippen molar-refractivity contribution in [1.29, 1.82) is 0 Å². The Hall–Kier alpha value is -2.34. The van der Waals surface area contributed by atoms with Gasteiger partial charge in [0.25, 0.3) is 0 Å². The molecule has 2 aliphatic carbocycles. The zero-order valence-electron chi connectivity index (χ0n) is 19.3. The van der Waals surface area contributed by atoms with Crippen LogP contribution in [-0.2, 0) is 14.3 Å². The summed E-state index contributed by atoms with van der Waals surface area (Å²) in [4.78, 5) is 24.8. The first-order valence-corrected chi connectivity index (χ1v) is 10.9. The van der Waals surface area contributed by atoms with Crippen molar-refractivity contribution in [3.8, 4) is 5.75 Å². The van der Waals surface area contributed by atoms with Crippen molar-refractivity contribution in [1.82, 2.24) is 0 Å². The third-order valence-corrected chi connectivity index (χ3v) is 7.17. The molecule has 0 aliphatic heterocycles. The molecule has 6 heteroatoms. The molecule has 0 spiro atoms. The van der Waals surface area contributed by atoms with Crippen LogP contribution in [0.2, 0.25) is 0 Å². The van der Waals surface area contributed by atoms with E-state index in [1.165, 1.54) is 6.92 Å². The Morgan fingerprint density at radius 1 is 1.16 bits per heavy atom. The molecule has 1 aromatic rings. The number of carbonyl (C=O) groups is 2. The fourth-order valence-electron chi connectivity index (χ4n) is 5.36. The summed E-state index contributed by atoms with van der Waals surface area (Å²) in [5, 5.41) is 11.8. The molecule has 1 N–H and O–H groups in total. The standard InChI is InChI=1S/C25H34O6/c1-15(2)25(28)14-21(30-17(4)26)24(5)12-11-16(3)13-20(22(24)25)31-23(27)18-7-9-19(29-6)10-8-18/h7-11,15,20-22,28H,12-14H2,1-6H3/t20-,21-,22+,24+,25+/m0/s1. The maximum atomic E-state index is 13.0. The van der Waals surface area contributed by atoms with Crippen molar-refractivity contribution in [2.75, 3.05) is 7.11 Å². The first-order valence-electron chi connectivity index (χ1n) is 10.9. The third-order valence-electron chi connectivity index (χ3n) is 7.17. The van der Waals surface area contributed by atoms with Crippen LogP contribution < -0.4 is 4.74 Å². The highest BCUT2D eigenvalue weighted by molar-refractivity contribution is 5.89. The lowest BCUT2D eigenvalue weighted by Gasteiger charge is -2.43. The van der Waals surface area contributed by atoms with Gasteiger partial charge in [-0.3, -0.25) is 4.79 Å². The second-order valence-corrected chi connectivity index (χ2v) is 9.56. The zero-order valence-corrected chi connectivity index (χ0v) is 19.3. The molecule has 0 heterocycles.